The van der Waals surface area contributed by atoms with Crippen LogP contribution in [0.3, 0.4) is 0 Å². The standard InChI is InChI=1S/C8H13IO2/c1-3-4-5-7(9)6-8(10)11-2/h6H,3-5H2,1-2H3. The fourth-order valence-electron chi connectivity index (χ4n) is 0.605. The van der Waals surface area contributed by atoms with Gasteiger partial charge in [-0.3, -0.25) is 0 Å². The van der Waals surface area contributed by atoms with E-state index in [2.05, 4.69) is 34.3 Å². The number of hydrogen-bond acceptors (Lipinski definition) is 2. The van der Waals surface area contributed by atoms with Gasteiger partial charge in [-0.2, -0.15) is 0 Å². The third kappa shape index (κ3) is 6.34. The minimum Gasteiger partial charge on any atom is -0.466 e. The molecule has 0 bridgehead atoms. The minimum atomic E-state index is -0.259. The lowest BCUT2D eigenvalue weighted by atomic mass is 10.2. The highest BCUT2D eigenvalue weighted by atomic mass is 127. The fourth-order valence-corrected chi connectivity index (χ4v) is 1.24. The van der Waals surface area contributed by atoms with E-state index in [1.807, 2.05) is 0 Å². The summed E-state index contributed by atoms with van der Waals surface area (Å²) < 4.78 is 5.55. The van der Waals surface area contributed by atoms with Gasteiger partial charge in [0.25, 0.3) is 0 Å². The molecule has 64 valence electrons. The lowest BCUT2D eigenvalue weighted by molar-refractivity contribution is -0.134. The van der Waals surface area contributed by atoms with E-state index in [0.29, 0.717) is 0 Å². The summed E-state index contributed by atoms with van der Waals surface area (Å²) in [4.78, 5) is 10.7. The van der Waals surface area contributed by atoms with Crippen LogP contribution < -0.4 is 0 Å². The molecule has 0 saturated heterocycles. The highest BCUT2D eigenvalue weighted by molar-refractivity contribution is 14.1. The maximum absolute atomic E-state index is 10.7. The van der Waals surface area contributed by atoms with E-state index in [1.54, 1.807) is 0 Å². The van der Waals surface area contributed by atoms with Crippen LogP contribution >= 0.6 is 22.6 Å². The van der Waals surface area contributed by atoms with Crippen LogP contribution in [0.15, 0.2) is 9.66 Å². The van der Waals surface area contributed by atoms with Crippen LogP contribution in [0.5, 0.6) is 0 Å². The summed E-state index contributed by atoms with van der Waals surface area (Å²) >= 11 is 2.16. The smallest absolute Gasteiger partial charge is 0.331 e. The predicted octanol–water partition coefficient (Wildman–Crippen LogP) is 2.67. The van der Waals surface area contributed by atoms with E-state index in [1.165, 1.54) is 13.2 Å². The number of carbonyl (C=O) groups is 1. The Kier molecular flexibility index (Phi) is 6.60. The first-order valence-corrected chi connectivity index (χ1v) is 4.72. The molecule has 3 heteroatoms. The van der Waals surface area contributed by atoms with Crippen LogP contribution in [0, 0.1) is 0 Å². The third-order valence-corrected chi connectivity index (χ3v) is 2.10. The summed E-state index contributed by atoms with van der Waals surface area (Å²) in [6.07, 6.45) is 4.80. The van der Waals surface area contributed by atoms with Crippen LogP contribution in [-0.2, 0) is 9.53 Å². The molecule has 0 aromatic rings. The van der Waals surface area contributed by atoms with Gasteiger partial charge in [0.2, 0.25) is 0 Å². The number of halogens is 1. The summed E-state index contributed by atoms with van der Waals surface area (Å²) in [7, 11) is 1.39. The highest BCUT2D eigenvalue weighted by Gasteiger charge is 1.96. The number of allylic oxidation sites excluding steroid dienone is 1. The van der Waals surface area contributed by atoms with Crippen molar-refractivity contribution in [2.75, 3.05) is 7.11 Å². The highest BCUT2D eigenvalue weighted by Crippen LogP contribution is 2.14. The van der Waals surface area contributed by atoms with Crippen molar-refractivity contribution in [3.8, 4) is 0 Å². The Labute approximate surface area is 81.1 Å². The van der Waals surface area contributed by atoms with Crippen LogP contribution in [0.2, 0.25) is 0 Å². The summed E-state index contributed by atoms with van der Waals surface area (Å²) in [5.74, 6) is -0.259. The van der Waals surface area contributed by atoms with Gasteiger partial charge in [0.05, 0.1) is 7.11 Å². The average molecular weight is 268 g/mol. The molecule has 11 heavy (non-hydrogen) atoms. The molecule has 0 fully saturated rings. The van der Waals surface area contributed by atoms with Crippen molar-refractivity contribution in [1.29, 1.82) is 0 Å². The molecule has 0 N–H and O–H groups in total. The predicted molar refractivity (Wildman–Crippen MR) is 53.6 cm³/mol. The second-order valence-corrected chi connectivity index (χ2v) is 3.60. The van der Waals surface area contributed by atoms with Gasteiger partial charge in [-0.05, 0) is 39.0 Å². The maximum Gasteiger partial charge on any atom is 0.331 e. The van der Waals surface area contributed by atoms with Gasteiger partial charge in [-0.1, -0.05) is 13.3 Å². The van der Waals surface area contributed by atoms with Crippen LogP contribution in [0.25, 0.3) is 0 Å². The topological polar surface area (TPSA) is 26.3 Å². The van der Waals surface area contributed by atoms with E-state index in [4.69, 9.17) is 0 Å². The van der Waals surface area contributed by atoms with Crippen molar-refractivity contribution in [2.24, 2.45) is 0 Å². The summed E-state index contributed by atoms with van der Waals surface area (Å²) in [6, 6.07) is 0. The van der Waals surface area contributed by atoms with Crippen LogP contribution in [-0.4, -0.2) is 13.1 Å². The zero-order chi connectivity index (χ0) is 8.69. The van der Waals surface area contributed by atoms with E-state index in [-0.39, 0.29) is 5.97 Å². The first-order chi connectivity index (χ1) is 5.20. The molecular formula is C8H13IO2. The lowest BCUT2D eigenvalue weighted by Gasteiger charge is -1.96. The molecule has 0 amide bonds. The van der Waals surface area contributed by atoms with Crippen molar-refractivity contribution in [1.82, 2.24) is 0 Å². The van der Waals surface area contributed by atoms with E-state index in [9.17, 15) is 4.79 Å². The van der Waals surface area contributed by atoms with Gasteiger partial charge in [-0.15, -0.1) is 0 Å². The molecule has 0 spiro atoms. The number of esters is 1. The number of rotatable bonds is 4. The summed E-state index contributed by atoms with van der Waals surface area (Å²) in [6.45, 7) is 2.13. The van der Waals surface area contributed by atoms with Gasteiger partial charge in [0.1, 0.15) is 0 Å². The van der Waals surface area contributed by atoms with Crippen molar-refractivity contribution >= 4 is 28.6 Å². The van der Waals surface area contributed by atoms with Crippen molar-refractivity contribution < 1.29 is 9.53 Å². The van der Waals surface area contributed by atoms with Gasteiger partial charge < -0.3 is 4.74 Å². The van der Waals surface area contributed by atoms with Crippen molar-refractivity contribution in [3.63, 3.8) is 0 Å². The van der Waals surface area contributed by atoms with Gasteiger partial charge in [-0.25, -0.2) is 4.79 Å². The first-order valence-electron chi connectivity index (χ1n) is 3.64. The third-order valence-electron chi connectivity index (χ3n) is 1.24. The largest absolute Gasteiger partial charge is 0.466 e. The number of hydrogen-bond donors (Lipinski definition) is 0. The van der Waals surface area contributed by atoms with Crippen LogP contribution in [0.1, 0.15) is 26.2 Å². The molecule has 0 heterocycles. The molecule has 0 saturated carbocycles. The Bertz CT molecular complexity index is 152. The number of carbonyl (C=O) groups excluding carboxylic acids is 1. The second kappa shape index (κ2) is 6.64. The van der Waals surface area contributed by atoms with E-state index in [0.717, 1.165) is 22.8 Å². The zero-order valence-corrected chi connectivity index (χ0v) is 9.05. The molecule has 2 nitrogen and oxygen atoms in total. The Morgan fingerprint density at radius 1 is 1.64 bits per heavy atom. The van der Waals surface area contributed by atoms with Crippen molar-refractivity contribution in [3.05, 3.63) is 9.66 Å². The van der Waals surface area contributed by atoms with Gasteiger partial charge in [0, 0.05) is 6.08 Å². The maximum atomic E-state index is 10.7. The molecular weight excluding hydrogens is 255 g/mol. The summed E-state index contributed by atoms with van der Waals surface area (Å²) in [5, 5.41) is 0. The monoisotopic (exact) mass is 268 g/mol. The Morgan fingerprint density at radius 3 is 2.73 bits per heavy atom. The second-order valence-electron chi connectivity index (χ2n) is 2.22. The minimum absolute atomic E-state index is 0.259. The molecule has 0 radical (unpaired) electrons. The van der Waals surface area contributed by atoms with E-state index >= 15 is 0 Å². The summed E-state index contributed by atoms with van der Waals surface area (Å²) in [5.41, 5.74) is 0. The molecule has 0 atom stereocenters. The Balaban J connectivity index is 3.70. The molecule has 0 aromatic carbocycles. The zero-order valence-electron chi connectivity index (χ0n) is 6.89. The number of unbranched alkanes of at least 4 members (excludes halogenated alkanes) is 1. The Morgan fingerprint density at radius 2 is 2.27 bits per heavy atom. The fraction of sp³-hybridized carbons (Fsp3) is 0.625. The molecule has 0 aliphatic carbocycles. The normalized spacial score (nSPS) is 11.4. The Hall–Kier alpha value is -0.0600. The number of ether oxygens (including phenoxy) is 1. The van der Waals surface area contributed by atoms with E-state index < -0.39 is 0 Å². The first kappa shape index (κ1) is 10.9. The van der Waals surface area contributed by atoms with Crippen LogP contribution in [0.4, 0.5) is 0 Å². The molecule has 0 unspecified atom stereocenters. The van der Waals surface area contributed by atoms with Gasteiger partial charge in [0.15, 0.2) is 0 Å². The molecule has 0 rings (SSSR count). The lowest BCUT2D eigenvalue weighted by Crippen LogP contribution is -1.94. The van der Waals surface area contributed by atoms with Gasteiger partial charge >= 0.3 is 5.97 Å². The molecule has 0 aliphatic heterocycles. The number of methoxy groups -OCH3 is 1. The molecule has 0 aliphatic rings. The average Bonchev–Trinajstić information content (AvgIpc) is 2.00. The molecule has 0 aromatic heterocycles. The van der Waals surface area contributed by atoms with Crippen molar-refractivity contribution in [2.45, 2.75) is 26.2 Å². The quantitative estimate of drug-likeness (QED) is 0.445. The SMILES string of the molecule is CCCCC(I)=CC(=O)OC.